The number of benzene rings is 2. The van der Waals surface area contributed by atoms with Crippen molar-refractivity contribution >= 4 is 29.2 Å². The molecule has 0 spiro atoms. The van der Waals surface area contributed by atoms with E-state index in [-0.39, 0.29) is 11.3 Å². The highest BCUT2D eigenvalue weighted by atomic mass is 16.6. The first-order chi connectivity index (χ1) is 13.3. The van der Waals surface area contributed by atoms with Crippen molar-refractivity contribution in [3.8, 4) is 5.75 Å². The molecule has 0 heterocycles. The molecular weight excluding hydrogens is 372 g/mol. The molecule has 0 fully saturated rings. The second-order valence-corrected chi connectivity index (χ2v) is 5.34. The first-order valence-corrected chi connectivity index (χ1v) is 7.83. The van der Waals surface area contributed by atoms with Crippen LogP contribution in [0.4, 0.5) is 11.4 Å². The number of esters is 2. The molecule has 0 saturated heterocycles. The summed E-state index contributed by atoms with van der Waals surface area (Å²) in [5.74, 6) is -2.05. The average molecular weight is 388 g/mol. The van der Waals surface area contributed by atoms with Crippen molar-refractivity contribution < 1.29 is 33.5 Å². The van der Waals surface area contributed by atoms with Crippen molar-refractivity contribution in [2.75, 3.05) is 26.1 Å². The molecule has 10 heteroatoms. The zero-order chi connectivity index (χ0) is 20.7. The highest BCUT2D eigenvalue weighted by Gasteiger charge is 2.19. The molecule has 0 unspecified atom stereocenters. The van der Waals surface area contributed by atoms with Gasteiger partial charge in [0.2, 0.25) is 0 Å². The van der Waals surface area contributed by atoms with E-state index in [1.807, 2.05) is 0 Å². The summed E-state index contributed by atoms with van der Waals surface area (Å²) in [5.41, 5.74) is 0.343. The Labute approximate surface area is 159 Å². The van der Waals surface area contributed by atoms with Gasteiger partial charge in [-0.1, -0.05) is 0 Å². The molecule has 1 amide bonds. The number of carbonyl (C=O) groups is 3. The Morgan fingerprint density at radius 2 is 1.54 bits per heavy atom. The third-order valence-corrected chi connectivity index (χ3v) is 3.53. The lowest BCUT2D eigenvalue weighted by Crippen LogP contribution is -2.20. The molecule has 0 atom stereocenters. The van der Waals surface area contributed by atoms with Crippen LogP contribution in [-0.4, -0.2) is 43.6 Å². The molecule has 146 valence electrons. The fraction of sp³-hybridized carbons (Fsp3) is 0.167. The van der Waals surface area contributed by atoms with Crippen LogP contribution >= 0.6 is 0 Å². The number of ether oxygens (including phenoxy) is 3. The van der Waals surface area contributed by atoms with Gasteiger partial charge < -0.3 is 19.5 Å². The van der Waals surface area contributed by atoms with Crippen molar-refractivity contribution in [1.82, 2.24) is 0 Å². The molecule has 2 aromatic carbocycles. The molecule has 10 nitrogen and oxygen atoms in total. The summed E-state index contributed by atoms with van der Waals surface area (Å²) < 4.78 is 14.3. The van der Waals surface area contributed by atoms with Crippen LogP contribution in [0.15, 0.2) is 42.5 Å². The maximum atomic E-state index is 12.0. The Kier molecular flexibility index (Phi) is 6.63. The van der Waals surface area contributed by atoms with Gasteiger partial charge in [-0.2, -0.15) is 0 Å². The molecular formula is C18H16N2O8. The van der Waals surface area contributed by atoms with Gasteiger partial charge in [0.15, 0.2) is 12.4 Å². The van der Waals surface area contributed by atoms with Crippen LogP contribution in [0, 0.1) is 10.1 Å². The number of hydrogen-bond donors (Lipinski definition) is 1. The highest BCUT2D eigenvalue weighted by Crippen LogP contribution is 2.28. The number of nitro benzene ring substituents is 1. The van der Waals surface area contributed by atoms with Crippen molar-refractivity contribution in [3.05, 3.63) is 63.7 Å². The van der Waals surface area contributed by atoms with E-state index in [2.05, 4.69) is 14.8 Å². The number of methoxy groups -OCH3 is 2. The van der Waals surface area contributed by atoms with Gasteiger partial charge >= 0.3 is 17.6 Å². The molecule has 0 aliphatic heterocycles. The zero-order valence-corrected chi connectivity index (χ0v) is 15.0. The number of amides is 1. The molecule has 28 heavy (non-hydrogen) atoms. The van der Waals surface area contributed by atoms with E-state index < -0.39 is 35.1 Å². The van der Waals surface area contributed by atoms with Crippen LogP contribution < -0.4 is 10.1 Å². The summed E-state index contributed by atoms with van der Waals surface area (Å²) >= 11 is 0. The second kappa shape index (κ2) is 9.12. The Morgan fingerprint density at radius 3 is 2.11 bits per heavy atom. The Hall–Kier alpha value is -3.95. The van der Waals surface area contributed by atoms with E-state index in [9.17, 15) is 24.5 Å². The van der Waals surface area contributed by atoms with Gasteiger partial charge in [0.05, 0.1) is 30.3 Å². The summed E-state index contributed by atoms with van der Waals surface area (Å²) in [4.78, 5) is 45.4. The standard InChI is InChI=1S/C18H16N2O8/c1-26-17(22)11-3-6-13(7-4-11)19-16(21)10-28-15-9-12(18(23)27-2)5-8-14(15)20(24)25/h3-9H,10H2,1-2H3,(H,19,21). The van der Waals surface area contributed by atoms with Crippen LogP contribution in [0.5, 0.6) is 5.75 Å². The minimum absolute atomic E-state index is 0.0434. The van der Waals surface area contributed by atoms with Gasteiger partial charge in [-0.3, -0.25) is 14.9 Å². The van der Waals surface area contributed by atoms with E-state index in [0.717, 1.165) is 12.1 Å². The van der Waals surface area contributed by atoms with Crippen LogP contribution in [0.3, 0.4) is 0 Å². The first kappa shape index (κ1) is 20.4. The summed E-state index contributed by atoms with van der Waals surface area (Å²) in [7, 11) is 2.42. The predicted molar refractivity (Wildman–Crippen MR) is 96.3 cm³/mol. The molecule has 1 N–H and O–H groups in total. The lowest BCUT2D eigenvalue weighted by atomic mass is 10.2. The van der Waals surface area contributed by atoms with Gasteiger partial charge in [0.25, 0.3) is 5.91 Å². The minimum Gasteiger partial charge on any atom is -0.477 e. The molecule has 0 aromatic heterocycles. The van der Waals surface area contributed by atoms with E-state index >= 15 is 0 Å². The molecule has 0 bridgehead atoms. The van der Waals surface area contributed by atoms with Gasteiger partial charge in [-0.15, -0.1) is 0 Å². The third-order valence-electron chi connectivity index (χ3n) is 3.53. The molecule has 0 aliphatic rings. The highest BCUT2D eigenvalue weighted by molar-refractivity contribution is 5.94. The predicted octanol–water partition coefficient (Wildman–Crippen LogP) is 2.19. The monoisotopic (exact) mass is 388 g/mol. The number of carbonyl (C=O) groups excluding carboxylic acids is 3. The van der Waals surface area contributed by atoms with Crippen LogP contribution in [0.2, 0.25) is 0 Å². The third kappa shape index (κ3) is 5.04. The van der Waals surface area contributed by atoms with Crippen LogP contribution in [-0.2, 0) is 14.3 Å². The fourth-order valence-electron chi connectivity index (χ4n) is 2.17. The second-order valence-electron chi connectivity index (χ2n) is 5.34. The van der Waals surface area contributed by atoms with Crippen LogP contribution in [0.1, 0.15) is 20.7 Å². The van der Waals surface area contributed by atoms with Gasteiger partial charge in [-0.05, 0) is 30.3 Å². The number of nitro groups is 1. The lowest BCUT2D eigenvalue weighted by Gasteiger charge is -2.09. The zero-order valence-electron chi connectivity index (χ0n) is 15.0. The SMILES string of the molecule is COC(=O)c1ccc(NC(=O)COc2cc(C(=O)OC)ccc2[N+](=O)[O-])cc1. The Balaban J connectivity index is 2.06. The van der Waals surface area contributed by atoms with Gasteiger partial charge in [0.1, 0.15) is 0 Å². The van der Waals surface area contributed by atoms with E-state index in [1.165, 1.54) is 44.6 Å². The number of anilines is 1. The van der Waals surface area contributed by atoms with Crippen LogP contribution in [0.25, 0.3) is 0 Å². The smallest absolute Gasteiger partial charge is 0.337 e. The lowest BCUT2D eigenvalue weighted by molar-refractivity contribution is -0.385. The summed E-state index contributed by atoms with van der Waals surface area (Å²) in [6.07, 6.45) is 0. The normalized spacial score (nSPS) is 9.93. The van der Waals surface area contributed by atoms with Crippen molar-refractivity contribution in [1.29, 1.82) is 0 Å². The van der Waals surface area contributed by atoms with E-state index in [0.29, 0.717) is 11.3 Å². The minimum atomic E-state index is -0.699. The molecule has 0 saturated carbocycles. The quantitative estimate of drug-likeness (QED) is 0.433. The summed E-state index contributed by atoms with van der Waals surface area (Å²) in [6.45, 7) is -0.537. The topological polar surface area (TPSA) is 134 Å². The number of rotatable bonds is 7. The number of nitrogens with one attached hydrogen (secondary N) is 1. The summed E-state index contributed by atoms with van der Waals surface area (Å²) in [6, 6.07) is 9.35. The van der Waals surface area contributed by atoms with Gasteiger partial charge in [0, 0.05) is 17.8 Å². The van der Waals surface area contributed by atoms with Gasteiger partial charge in [-0.25, -0.2) is 9.59 Å². The Bertz CT molecular complexity index is 908. The molecule has 0 aliphatic carbocycles. The molecule has 2 aromatic rings. The molecule has 0 radical (unpaired) electrons. The fourth-order valence-corrected chi connectivity index (χ4v) is 2.17. The number of nitrogens with zero attached hydrogens (tertiary/aromatic N) is 1. The number of hydrogen-bond acceptors (Lipinski definition) is 8. The van der Waals surface area contributed by atoms with Crippen molar-refractivity contribution in [3.63, 3.8) is 0 Å². The maximum Gasteiger partial charge on any atom is 0.337 e. The maximum absolute atomic E-state index is 12.0. The average Bonchev–Trinajstić information content (AvgIpc) is 2.71. The van der Waals surface area contributed by atoms with Crippen molar-refractivity contribution in [2.45, 2.75) is 0 Å². The summed E-state index contributed by atoms with van der Waals surface area (Å²) in [5, 5.41) is 13.6. The van der Waals surface area contributed by atoms with E-state index in [1.54, 1.807) is 0 Å². The molecule has 2 rings (SSSR count). The van der Waals surface area contributed by atoms with E-state index in [4.69, 9.17) is 4.74 Å². The largest absolute Gasteiger partial charge is 0.477 e. The van der Waals surface area contributed by atoms with Crippen molar-refractivity contribution in [2.24, 2.45) is 0 Å². The Morgan fingerprint density at radius 1 is 0.964 bits per heavy atom. The first-order valence-electron chi connectivity index (χ1n) is 7.83.